The Kier molecular flexibility index (Phi) is 5.93. The topological polar surface area (TPSA) is 67.6 Å². The van der Waals surface area contributed by atoms with Crippen molar-refractivity contribution >= 4 is 26.7 Å². The van der Waals surface area contributed by atoms with Crippen molar-refractivity contribution in [3.63, 3.8) is 0 Å². The second kappa shape index (κ2) is 8.50. The van der Waals surface area contributed by atoms with E-state index in [9.17, 15) is 13.2 Å². The van der Waals surface area contributed by atoms with Gasteiger partial charge in [-0.3, -0.25) is 4.79 Å². The third-order valence-corrected chi connectivity index (χ3v) is 7.87. The van der Waals surface area contributed by atoms with E-state index in [1.807, 2.05) is 37.3 Å². The number of carbonyl (C=O) groups excluding carboxylic acids is 1. The average molecular weight is 440 g/mol. The number of benzene rings is 2. The van der Waals surface area contributed by atoms with Crippen molar-refractivity contribution in [3.8, 4) is 0 Å². The first kappa shape index (κ1) is 21.6. The first-order chi connectivity index (χ1) is 14.7. The van der Waals surface area contributed by atoms with Crippen molar-refractivity contribution in [2.24, 2.45) is 0 Å². The molecule has 1 atom stereocenters. The maximum atomic E-state index is 13.4. The van der Waals surface area contributed by atoms with Gasteiger partial charge in [0.15, 0.2) is 9.84 Å². The minimum atomic E-state index is -3.10. The number of hydrogen-bond donors (Lipinski definition) is 0. The monoisotopic (exact) mass is 439 g/mol. The van der Waals surface area contributed by atoms with Crippen LogP contribution in [0.25, 0.3) is 11.0 Å². The fourth-order valence-corrected chi connectivity index (χ4v) is 5.97. The number of amides is 1. The van der Waals surface area contributed by atoms with Gasteiger partial charge in [0.1, 0.15) is 5.58 Å². The highest BCUT2D eigenvalue weighted by Gasteiger charge is 2.34. The summed E-state index contributed by atoms with van der Waals surface area (Å²) >= 11 is 0. The van der Waals surface area contributed by atoms with Gasteiger partial charge in [-0.1, -0.05) is 49.7 Å². The summed E-state index contributed by atoms with van der Waals surface area (Å²) < 4.78 is 29.9. The Bertz CT molecular complexity index is 1190. The van der Waals surface area contributed by atoms with Gasteiger partial charge in [0, 0.05) is 23.5 Å². The van der Waals surface area contributed by atoms with Crippen molar-refractivity contribution in [1.82, 2.24) is 4.90 Å². The summed E-state index contributed by atoms with van der Waals surface area (Å²) in [6.45, 7) is 6.71. The van der Waals surface area contributed by atoms with Crippen LogP contribution in [0.15, 0.2) is 53.1 Å². The molecule has 0 aliphatic carbocycles. The third kappa shape index (κ3) is 4.85. The Labute approximate surface area is 184 Å². The van der Waals surface area contributed by atoms with Crippen LogP contribution in [-0.4, -0.2) is 36.8 Å². The Balaban J connectivity index is 1.60. The number of carbonyl (C=O) groups is 1. The summed E-state index contributed by atoms with van der Waals surface area (Å²) in [5.74, 6) is 0.541. The molecule has 1 aliphatic heterocycles. The van der Waals surface area contributed by atoms with Gasteiger partial charge in [0.2, 0.25) is 5.91 Å². The zero-order chi connectivity index (χ0) is 22.2. The molecule has 0 saturated carbocycles. The van der Waals surface area contributed by atoms with Gasteiger partial charge in [-0.2, -0.15) is 0 Å². The first-order valence-corrected chi connectivity index (χ1v) is 12.6. The molecule has 2 aromatic carbocycles. The van der Waals surface area contributed by atoms with E-state index in [0.717, 1.165) is 27.7 Å². The summed E-state index contributed by atoms with van der Waals surface area (Å²) in [4.78, 5) is 15.2. The lowest BCUT2D eigenvalue weighted by Gasteiger charge is -2.28. The fourth-order valence-electron chi connectivity index (χ4n) is 4.24. The van der Waals surface area contributed by atoms with Crippen LogP contribution in [0.1, 0.15) is 48.4 Å². The van der Waals surface area contributed by atoms with Gasteiger partial charge in [-0.15, -0.1) is 0 Å². The van der Waals surface area contributed by atoms with Gasteiger partial charge in [-0.05, 0) is 42.5 Å². The normalized spacial score (nSPS) is 18.0. The highest BCUT2D eigenvalue weighted by Crippen LogP contribution is 2.26. The number of fused-ring (bicyclic) bond motifs is 1. The molecule has 1 amide bonds. The molecule has 0 unspecified atom stereocenters. The van der Waals surface area contributed by atoms with Crippen LogP contribution >= 0.6 is 0 Å². The molecule has 4 rings (SSSR count). The van der Waals surface area contributed by atoms with E-state index < -0.39 is 9.84 Å². The average Bonchev–Trinajstić information content (AvgIpc) is 3.28. The van der Waals surface area contributed by atoms with Crippen molar-refractivity contribution in [2.45, 2.75) is 52.1 Å². The summed E-state index contributed by atoms with van der Waals surface area (Å²) in [6, 6.07) is 13.9. The number of sulfone groups is 1. The summed E-state index contributed by atoms with van der Waals surface area (Å²) in [5.41, 5.74) is 4.95. The molecule has 1 aliphatic rings. The number of furan rings is 1. The lowest BCUT2D eigenvalue weighted by molar-refractivity contribution is -0.133. The van der Waals surface area contributed by atoms with Gasteiger partial charge in [-0.25, -0.2) is 8.42 Å². The smallest absolute Gasteiger partial charge is 0.227 e. The van der Waals surface area contributed by atoms with E-state index in [1.165, 1.54) is 5.56 Å². The van der Waals surface area contributed by atoms with Gasteiger partial charge >= 0.3 is 0 Å². The van der Waals surface area contributed by atoms with Gasteiger partial charge in [0.05, 0.1) is 24.2 Å². The molecule has 1 aromatic heterocycles. The molecule has 6 heteroatoms. The van der Waals surface area contributed by atoms with Crippen molar-refractivity contribution in [3.05, 3.63) is 71.0 Å². The maximum Gasteiger partial charge on any atom is 0.227 e. The maximum absolute atomic E-state index is 13.4. The standard InChI is InChI=1S/C25H29NO4S/c1-17(2)20-7-5-19(6-8-20)14-26(22-10-11-31(28,29)16-22)25(27)13-21-15-30-24-9-4-18(3)12-23(21)24/h4-9,12,15,17,22H,10-11,13-14,16H2,1-3H3/t22-/m0/s1. The van der Waals surface area contributed by atoms with Gasteiger partial charge < -0.3 is 9.32 Å². The minimum absolute atomic E-state index is 0.0358. The highest BCUT2D eigenvalue weighted by atomic mass is 32.2. The predicted molar refractivity (Wildman–Crippen MR) is 123 cm³/mol. The molecule has 164 valence electrons. The van der Waals surface area contributed by atoms with E-state index >= 15 is 0 Å². The number of nitrogens with zero attached hydrogens (tertiary/aromatic N) is 1. The molecule has 0 bridgehead atoms. The van der Waals surface area contributed by atoms with Gasteiger partial charge in [0.25, 0.3) is 0 Å². The van der Waals surface area contributed by atoms with Crippen LogP contribution < -0.4 is 0 Å². The molecule has 5 nitrogen and oxygen atoms in total. The van der Waals surface area contributed by atoms with Crippen molar-refractivity contribution in [2.75, 3.05) is 11.5 Å². The molecule has 31 heavy (non-hydrogen) atoms. The fraction of sp³-hybridized carbons (Fsp3) is 0.400. The Hall–Kier alpha value is -2.60. The third-order valence-electron chi connectivity index (χ3n) is 6.12. The van der Waals surface area contributed by atoms with Crippen molar-refractivity contribution < 1.29 is 17.6 Å². The minimum Gasteiger partial charge on any atom is -0.464 e. The van der Waals surface area contributed by atoms with Crippen LogP contribution in [-0.2, 0) is 27.6 Å². The number of hydrogen-bond acceptors (Lipinski definition) is 4. The molecule has 3 aromatic rings. The lowest BCUT2D eigenvalue weighted by atomic mass is 10.0. The predicted octanol–water partition coefficient (Wildman–Crippen LogP) is 4.62. The van der Waals surface area contributed by atoms with Crippen LogP contribution in [0.4, 0.5) is 0 Å². The first-order valence-electron chi connectivity index (χ1n) is 10.8. The molecular weight excluding hydrogens is 410 g/mol. The second-order valence-electron chi connectivity index (χ2n) is 8.91. The Morgan fingerprint density at radius 1 is 1.16 bits per heavy atom. The summed E-state index contributed by atoms with van der Waals surface area (Å²) in [5, 5.41) is 0.939. The molecule has 0 spiro atoms. The lowest BCUT2D eigenvalue weighted by Crippen LogP contribution is -2.41. The van der Waals surface area contributed by atoms with E-state index in [-0.39, 0.29) is 29.9 Å². The van der Waals surface area contributed by atoms with Crippen LogP contribution in [0.5, 0.6) is 0 Å². The zero-order valence-corrected chi connectivity index (χ0v) is 19.1. The SMILES string of the molecule is Cc1ccc2occ(CC(=O)N(Cc3ccc(C(C)C)cc3)[C@H]3CCS(=O)(=O)C3)c2c1. The van der Waals surface area contributed by atoms with E-state index in [2.05, 4.69) is 26.0 Å². The summed E-state index contributed by atoms with van der Waals surface area (Å²) in [6.07, 6.45) is 2.32. The van der Waals surface area contributed by atoms with E-state index in [4.69, 9.17) is 4.42 Å². The molecule has 1 saturated heterocycles. The van der Waals surface area contributed by atoms with Crippen LogP contribution in [0.3, 0.4) is 0 Å². The van der Waals surface area contributed by atoms with Crippen molar-refractivity contribution in [1.29, 1.82) is 0 Å². The highest BCUT2D eigenvalue weighted by molar-refractivity contribution is 7.91. The molecule has 1 fully saturated rings. The largest absolute Gasteiger partial charge is 0.464 e. The molecule has 2 heterocycles. The number of rotatable bonds is 6. The van der Waals surface area contributed by atoms with Crippen LogP contribution in [0, 0.1) is 6.92 Å². The molecule has 0 radical (unpaired) electrons. The second-order valence-corrected chi connectivity index (χ2v) is 11.1. The number of aryl methyl sites for hydroxylation is 1. The quantitative estimate of drug-likeness (QED) is 0.562. The molecular formula is C25H29NO4S. The van der Waals surface area contributed by atoms with E-state index in [1.54, 1.807) is 11.2 Å². The Morgan fingerprint density at radius 2 is 1.90 bits per heavy atom. The van der Waals surface area contributed by atoms with Crippen LogP contribution in [0.2, 0.25) is 0 Å². The zero-order valence-electron chi connectivity index (χ0n) is 18.3. The van der Waals surface area contributed by atoms with E-state index in [0.29, 0.717) is 18.9 Å². The summed E-state index contributed by atoms with van der Waals surface area (Å²) in [7, 11) is -3.10. The Morgan fingerprint density at radius 3 is 2.55 bits per heavy atom. The molecule has 0 N–H and O–H groups in total.